The van der Waals surface area contributed by atoms with Crippen LogP contribution in [0.2, 0.25) is 0 Å². The van der Waals surface area contributed by atoms with Crippen LogP contribution in [0.1, 0.15) is 0 Å². The summed E-state index contributed by atoms with van der Waals surface area (Å²) >= 11 is 0. The van der Waals surface area contributed by atoms with Gasteiger partial charge in [-0.1, -0.05) is 0 Å². The predicted octanol–water partition coefficient (Wildman–Crippen LogP) is 2.49. The van der Waals surface area contributed by atoms with E-state index in [9.17, 15) is 52.7 Å². The highest BCUT2D eigenvalue weighted by Crippen LogP contribution is 2.45. The van der Waals surface area contributed by atoms with E-state index in [1.54, 1.807) is 0 Å². The summed E-state index contributed by atoms with van der Waals surface area (Å²) in [6.07, 6.45) is -24.5. The average Bonchev–Trinajstić information content (AvgIpc) is 2.80. The summed E-state index contributed by atoms with van der Waals surface area (Å²) in [6.45, 7) is -4.60. The lowest BCUT2D eigenvalue weighted by atomic mass is 10.0. The lowest BCUT2D eigenvalue weighted by molar-refractivity contribution is -0.722. The van der Waals surface area contributed by atoms with Crippen LogP contribution in [-0.4, -0.2) is 50.7 Å². The summed E-state index contributed by atoms with van der Waals surface area (Å²) in [5.74, 6) is 0. The maximum atomic E-state index is 12.5. The van der Waals surface area contributed by atoms with Gasteiger partial charge in [0.05, 0.1) is 0 Å². The third kappa shape index (κ3) is 4.25. The standard InChI is InChI=1S/C11H9F12N2O2/c12-8(13,14)6(26,9(15,16)17)3-24-1-2-25(5-24)4-7(27,10(18,19)20)11(21,22)23/h1-2,5,26-27H,3-4H2/q+1. The van der Waals surface area contributed by atoms with Gasteiger partial charge in [-0.05, 0) is 0 Å². The van der Waals surface area contributed by atoms with Crippen LogP contribution in [0, 0.1) is 0 Å². The van der Waals surface area contributed by atoms with Crippen LogP contribution in [0.15, 0.2) is 18.7 Å². The first-order chi connectivity index (χ1) is 11.7. The number of rotatable bonds is 4. The topological polar surface area (TPSA) is 49.3 Å². The molecule has 0 saturated heterocycles. The van der Waals surface area contributed by atoms with E-state index in [1.807, 2.05) is 0 Å². The number of nitrogens with zero attached hydrogens (tertiary/aromatic N) is 2. The first-order valence-electron chi connectivity index (χ1n) is 6.42. The lowest BCUT2D eigenvalue weighted by Crippen LogP contribution is -2.64. The molecule has 1 aromatic rings. The second-order valence-corrected chi connectivity index (χ2v) is 5.47. The van der Waals surface area contributed by atoms with E-state index in [-0.39, 0.29) is 27.9 Å². The molecule has 4 nitrogen and oxygen atoms in total. The van der Waals surface area contributed by atoms with Crippen molar-refractivity contribution in [3.8, 4) is 0 Å². The van der Waals surface area contributed by atoms with E-state index in [2.05, 4.69) is 0 Å². The Morgan fingerprint density at radius 2 is 1.04 bits per heavy atom. The van der Waals surface area contributed by atoms with Crippen molar-refractivity contribution in [3.05, 3.63) is 18.7 Å². The molecule has 0 aromatic carbocycles. The maximum absolute atomic E-state index is 12.5. The highest BCUT2D eigenvalue weighted by Gasteiger charge is 2.73. The second-order valence-electron chi connectivity index (χ2n) is 5.47. The molecule has 0 saturated carbocycles. The molecule has 0 radical (unpaired) electrons. The molecule has 1 aromatic heterocycles. The van der Waals surface area contributed by atoms with Crippen molar-refractivity contribution in [1.82, 2.24) is 4.57 Å². The fourth-order valence-corrected chi connectivity index (χ4v) is 1.83. The quantitative estimate of drug-likeness (QED) is 0.571. The smallest absolute Gasteiger partial charge is 0.371 e. The summed E-state index contributed by atoms with van der Waals surface area (Å²) in [4.78, 5) is 0. The number of alkyl halides is 12. The number of aliphatic hydroxyl groups is 2. The zero-order chi connectivity index (χ0) is 21.7. The molecule has 0 bridgehead atoms. The summed E-state index contributed by atoms with van der Waals surface area (Å²) < 4.78 is 150. The first kappa shape index (κ1) is 23.3. The van der Waals surface area contributed by atoms with Gasteiger partial charge in [-0.3, -0.25) is 0 Å². The van der Waals surface area contributed by atoms with Gasteiger partial charge in [0.25, 0.3) is 11.2 Å². The SMILES string of the molecule is OC(Cn1cc[n+](CC(O)(C(F)(F)F)C(F)(F)F)c1)(C(F)(F)F)C(F)(F)F. The van der Waals surface area contributed by atoms with Gasteiger partial charge in [-0.25, -0.2) is 9.13 Å². The minimum Gasteiger partial charge on any atom is -0.371 e. The van der Waals surface area contributed by atoms with Gasteiger partial charge in [-0.15, -0.1) is 0 Å². The molecule has 0 atom stereocenters. The molecular formula is C11H9F12N2O2+. The second kappa shape index (κ2) is 6.42. The van der Waals surface area contributed by atoms with Crippen LogP contribution < -0.4 is 4.57 Å². The van der Waals surface area contributed by atoms with E-state index < -0.39 is 49.0 Å². The largest absolute Gasteiger partial charge is 0.430 e. The van der Waals surface area contributed by atoms with Crippen molar-refractivity contribution in [3.63, 3.8) is 0 Å². The molecule has 1 rings (SSSR count). The molecule has 0 unspecified atom stereocenters. The Hall–Kier alpha value is -1.71. The minimum absolute atomic E-state index is 0.00486. The molecule has 27 heavy (non-hydrogen) atoms. The molecule has 0 spiro atoms. The molecule has 1 heterocycles. The van der Waals surface area contributed by atoms with Gasteiger partial charge < -0.3 is 10.2 Å². The summed E-state index contributed by atoms with van der Waals surface area (Å²) in [5, 5.41) is 17.9. The minimum atomic E-state index is -6.25. The normalized spacial score (nSPS) is 15.3. The molecule has 0 aliphatic carbocycles. The van der Waals surface area contributed by atoms with Crippen molar-refractivity contribution in [2.75, 3.05) is 0 Å². The first-order valence-corrected chi connectivity index (χ1v) is 6.42. The lowest BCUT2D eigenvalue weighted by Gasteiger charge is -2.31. The Morgan fingerprint density at radius 1 is 0.667 bits per heavy atom. The fourth-order valence-electron chi connectivity index (χ4n) is 1.83. The van der Waals surface area contributed by atoms with Crippen molar-refractivity contribution in [2.24, 2.45) is 0 Å². The molecule has 0 aliphatic rings. The van der Waals surface area contributed by atoms with Gasteiger partial charge in [0, 0.05) is 0 Å². The Kier molecular flexibility index (Phi) is 5.55. The molecule has 0 amide bonds. The van der Waals surface area contributed by atoms with Crippen molar-refractivity contribution < 1.29 is 67.5 Å². The zero-order valence-corrected chi connectivity index (χ0v) is 12.5. The zero-order valence-electron chi connectivity index (χ0n) is 12.5. The monoisotopic (exact) mass is 429 g/mol. The van der Waals surface area contributed by atoms with E-state index in [0.29, 0.717) is 0 Å². The molecule has 158 valence electrons. The van der Waals surface area contributed by atoms with E-state index in [4.69, 9.17) is 10.2 Å². The Labute approximate surface area is 141 Å². The number of aromatic nitrogens is 2. The summed E-state index contributed by atoms with van der Waals surface area (Å²) in [5.41, 5.74) is -10.6. The molecule has 0 aliphatic heterocycles. The van der Waals surface area contributed by atoms with Gasteiger partial charge >= 0.3 is 24.7 Å². The average molecular weight is 429 g/mol. The third-order valence-corrected chi connectivity index (χ3v) is 3.44. The van der Waals surface area contributed by atoms with Crippen molar-refractivity contribution in [1.29, 1.82) is 0 Å². The van der Waals surface area contributed by atoms with E-state index in [0.717, 1.165) is 0 Å². The highest BCUT2D eigenvalue weighted by atomic mass is 19.4. The molecular weight excluding hydrogens is 420 g/mol. The number of halogens is 12. The fraction of sp³-hybridized carbons (Fsp3) is 0.727. The van der Waals surface area contributed by atoms with E-state index >= 15 is 0 Å². The van der Waals surface area contributed by atoms with Crippen molar-refractivity contribution in [2.45, 2.75) is 49.0 Å². The van der Waals surface area contributed by atoms with Crippen LogP contribution in [0.3, 0.4) is 0 Å². The van der Waals surface area contributed by atoms with Crippen LogP contribution in [-0.2, 0) is 13.1 Å². The summed E-state index contributed by atoms with van der Waals surface area (Å²) in [7, 11) is 0. The van der Waals surface area contributed by atoms with Crippen LogP contribution in [0.5, 0.6) is 0 Å². The van der Waals surface area contributed by atoms with Crippen LogP contribution in [0.4, 0.5) is 52.7 Å². The number of hydrogen-bond acceptors (Lipinski definition) is 2. The molecule has 16 heteroatoms. The van der Waals surface area contributed by atoms with Crippen molar-refractivity contribution >= 4 is 0 Å². The van der Waals surface area contributed by atoms with Gasteiger partial charge in [0.15, 0.2) is 0 Å². The predicted molar refractivity (Wildman–Crippen MR) is 58.7 cm³/mol. The van der Waals surface area contributed by atoms with Crippen LogP contribution in [0.25, 0.3) is 0 Å². The molecule has 2 N–H and O–H groups in total. The van der Waals surface area contributed by atoms with Crippen LogP contribution >= 0.6 is 0 Å². The number of hydrogen-bond donors (Lipinski definition) is 2. The van der Waals surface area contributed by atoms with Gasteiger partial charge in [-0.2, -0.15) is 52.7 Å². The number of imidazole rings is 1. The maximum Gasteiger partial charge on any atom is 0.430 e. The van der Waals surface area contributed by atoms with Gasteiger partial charge in [0.1, 0.15) is 25.5 Å². The Morgan fingerprint density at radius 3 is 1.37 bits per heavy atom. The summed E-state index contributed by atoms with van der Waals surface area (Å²) in [6, 6.07) is 0. The third-order valence-electron chi connectivity index (χ3n) is 3.44. The molecule has 0 fully saturated rings. The Balaban J connectivity index is 3.22. The van der Waals surface area contributed by atoms with Gasteiger partial charge in [0.2, 0.25) is 6.33 Å². The van der Waals surface area contributed by atoms with E-state index in [1.165, 1.54) is 0 Å². The Bertz CT molecular complexity index is 572. The highest BCUT2D eigenvalue weighted by molar-refractivity contribution is 4.95.